The lowest BCUT2D eigenvalue weighted by Gasteiger charge is -2.27. The highest BCUT2D eigenvalue weighted by molar-refractivity contribution is 5.75. The molecule has 0 aromatic heterocycles. The van der Waals surface area contributed by atoms with Crippen LogP contribution >= 0.6 is 0 Å². The largest absolute Gasteiger partial charge is 0.481 e. The van der Waals surface area contributed by atoms with Gasteiger partial charge >= 0.3 is 12.0 Å². The first-order valence-electron chi connectivity index (χ1n) is 7.41. The summed E-state index contributed by atoms with van der Waals surface area (Å²) in [6.07, 6.45) is 2.72. The lowest BCUT2D eigenvalue weighted by atomic mass is 9.86. The van der Waals surface area contributed by atoms with Crippen molar-refractivity contribution in [3.63, 3.8) is 0 Å². The summed E-state index contributed by atoms with van der Waals surface area (Å²) in [5, 5.41) is 14.8. The van der Waals surface area contributed by atoms with E-state index in [0.29, 0.717) is 12.8 Å². The summed E-state index contributed by atoms with van der Waals surface area (Å²) in [5.41, 5.74) is 1.06. The fraction of sp³-hybridized carbons (Fsp3) is 0.500. The van der Waals surface area contributed by atoms with Crippen LogP contribution in [0.4, 0.5) is 4.79 Å². The average Bonchev–Trinajstić information content (AvgIpc) is 2.48. The minimum atomic E-state index is -0.726. The molecule has 0 spiro atoms. The molecule has 5 nitrogen and oxygen atoms in total. The van der Waals surface area contributed by atoms with Gasteiger partial charge in [0.05, 0.1) is 12.0 Å². The maximum Gasteiger partial charge on any atom is 0.315 e. The van der Waals surface area contributed by atoms with Gasteiger partial charge in [0.25, 0.3) is 0 Å². The summed E-state index contributed by atoms with van der Waals surface area (Å²) < 4.78 is 0. The fourth-order valence-electron chi connectivity index (χ4n) is 2.73. The third-order valence-corrected chi connectivity index (χ3v) is 4.06. The molecule has 1 aromatic carbocycles. The number of rotatable bonds is 4. The van der Waals surface area contributed by atoms with Gasteiger partial charge in [-0.2, -0.15) is 0 Å². The molecule has 1 aliphatic rings. The van der Waals surface area contributed by atoms with Crippen molar-refractivity contribution in [1.29, 1.82) is 0 Å². The molecule has 1 aliphatic carbocycles. The van der Waals surface area contributed by atoms with Crippen LogP contribution in [-0.4, -0.2) is 23.1 Å². The number of nitrogens with one attached hydrogen (secondary N) is 2. The monoisotopic (exact) mass is 290 g/mol. The lowest BCUT2D eigenvalue weighted by Crippen LogP contribution is -2.44. The van der Waals surface area contributed by atoms with Crippen molar-refractivity contribution in [2.75, 3.05) is 0 Å². The number of urea groups is 1. The Bertz CT molecular complexity index is 482. The van der Waals surface area contributed by atoms with Crippen LogP contribution < -0.4 is 10.6 Å². The Morgan fingerprint density at radius 3 is 2.33 bits per heavy atom. The fourth-order valence-corrected chi connectivity index (χ4v) is 2.73. The van der Waals surface area contributed by atoms with Crippen LogP contribution in [0.1, 0.15) is 44.2 Å². The van der Waals surface area contributed by atoms with E-state index in [4.69, 9.17) is 5.11 Å². The summed E-state index contributed by atoms with van der Waals surface area (Å²) in [7, 11) is 0. The number of hydrogen-bond donors (Lipinski definition) is 3. The van der Waals surface area contributed by atoms with E-state index in [1.165, 1.54) is 0 Å². The first-order chi connectivity index (χ1) is 10.1. The van der Waals surface area contributed by atoms with Crippen LogP contribution in [0.2, 0.25) is 0 Å². The Morgan fingerprint density at radius 2 is 1.76 bits per heavy atom. The van der Waals surface area contributed by atoms with E-state index in [9.17, 15) is 9.59 Å². The SMILES string of the molecule is C[C@@H](NC(=O)NC1CCC(C(=O)O)CC1)c1ccccc1. The molecule has 1 aromatic rings. The van der Waals surface area contributed by atoms with Crippen molar-refractivity contribution in [3.8, 4) is 0 Å². The number of carbonyl (C=O) groups excluding carboxylic acids is 1. The van der Waals surface area contributed by atoms with E-state index >= 15 is 0 Å². The number of aliphatic carboxylic acids is 1. The van der Waals surface area contributed by atoms with Crippen molar-refractivity contribution in [2.24, 2.45) is 5.92 Å². The van der Waals surface area contributed by atoms with E-state index in [2.05, 4.69) is 10.6 Å². The normalized spacial score (nSPS) is 23.1. The van der Waals surface area contributed by atoms with Gasteiger partial charge in [-0.3, -0.25) is 4.79 Å². The highest BCUT2D eigenvalue weighted by Gasteiger charge is 2.26. The maximum atomic E-state index is 12.0. The van der Waals surface area contributed by atoms with Crippen molar-refractivity contribution in [3.05, 3.63) is 35.9 Å². The summed E-state index contributed by atoms with van der Waals surface area (Å²) >= 11 is 0. The maximum absolute atomic E-state index is 12.0. The first-order valence-corrected chi connectivity index (χ1v) is 7.41. The van der Waals surface area contributed by atoms with Gasteiger partial charge in [0.2, 0.25) is 0 Å². The van der Waals surface area contributed by atoms with Gasteiger partial charge in [-0.15, -0.1) is 0 Å². The number of carbonyl (C=O) groups is 2. The predicted molar refractivity (Wildman–Crippen MR) is 79.9 cm³/mol. The Kier molecular flexibility index (Phi) is 5.20. The smallest absolute Gasteiger partial charge is 0.315 e. The van der Waals surface area contributed by atoms with Gasteiger partial charge in [0.1, 0.15) is 0 Å². The van der Waals surface area contributed by atoms with Crippen molar-refractivity contribution in [1.82, 2.24) is 10.6 Å². The number of carboxylic acid groups (broad SMARTS) is 1. The van der Waals surface area contributed by atoms with E-state index in [1.54, 1.807) is 0 Å². The molecule has 1 fully saturated rings. The second-order valence-electron chi connectivity index (χ2n) is 5.64. The van der Waals surface area contributed by atoms with Gasteiger partial charge in [-0.25, -0.2) is 4.79 Å². The summed E-state index contributed by atoms with van der Waals surface area (Å²) in [6, 6.07) is 9.61. The molecule has 114 valence electrons. The van der Waals surface area contributed by atoms with Crippen LogP contribution in [0, 0.1) is 5.92 Å². The Hall–Kier alpha value is -2.04. The van der Waals surface area contributed by atoms with Crippen molar-refractivity contribution < 1.29 is 14.7 Å². The van der Waals surface area contributed by atoms with Crippen molar-refractivity contribution in [2.45, 2.75) is 44.7 Å². The second-order valence-corrected chi connectivity index (χ2v) is 5.64. The molecular formula is C16H22N2O3. The van der Waals surface area contributed by atoms with Gasteiger partial charge in [0, 0.05) is 6.04 Å². The van der Waals surface area contributed by atoms with E-state index in [0.717, 1.165) is 18.4 Å². The van der Waals surface area contributed by atoms with Crippen LogP contribution in [-0.2, 0) is 4.79 Å². The Labute approximate surface area is 124 Å². The minimum absolute atomic E-state index is 0.0541. The van der Waals surface area contributed by atoms with Gasteiger partial charge < -0.3 is 15.7 Å². The molecule has 3 N–H and O–H groups in total. The Morgan fingerprint density at radius 1 is 1.14 bits per heavy atom. The number of carboxylic acids is 1. The summed E-state index contributed by atoms with van der Waals surface area (Å²) in [6.45, 7) is 1.94. The number of benzene rings is 1. The molecule has 0 heterocycles. The molecule has 21 heavy (non-hydrogen) atoms. The lowest BCUT2D eigenvalue weighted by molar-refractivity contribution is -0.142. The van der Waals surface area contributed by atoms with Gasteiger partial charge in [-0.1, -0.05) is 30.3 Å². The third-order valence-electron chi connectivity index (χ3n) is 4.06. The second kappa shape index (κ2) is 7.11. The molecule has 2 rings (SSSR count). The molecule has 0 radical (unpaired) electrons. The average molecular weight is 290 g/mol. The zero-order chi connectivity index (χ0) is 15.2. The van der Waals surface area contributed by atoms with Crippen LogP contribution in [0.25, 0.3) is 0 Å². The zero-order valence-electron chi connectivity index (χ0n) is 12.2. The van der Waals surface area contributed by atoms with Gasteiger partial charge in [-0.05, 0) is 38.2 Å². The first kappa shape index (κ1) is 15.4. The topological polar surface area (TPSA) is 78.4 Å². The minimum Gasteiger partial charge on any atom is -0.481 e. The molecule has 2 amide bonds. The summed E-state index contributed by atoms with van der Waals surface area (Å²) in [5.74, 6) is -0.982. The van der Waals surface area contributed by atoms with E-state index < -0.39 is 5.97 Å². The molecule has 0 aliphatic heterocycles. The summed E-state index contributed by atoms with van der Waals surface area (Å²) in [4.78, 5) is 22.9. The molecule has 0 saturated heterocycles. The Balaban J connectivity index is 1.76. The standard InChI is InChI=1S/C16H22N2O3/c1-11(12-5-3-2-4-6-12)17-16(21)18-14-9-7-13(8-10-14)15(19)20/h2-6,11,13-14H,7-10H2,1H3,(H,19,20)(H2,17,18,21)/t11-,13?,14?/m1/s1. The van der Waals surface area contributed by atoms with Crippen LogP contribution in [0.3, 0.4) is 0 Å². The molecule has 1 saturated carbocycles. The number of hydrogen-bond acceptors (Lipinski definition) is 2. The van der Waals surface area contributed by atoms with Crippen molar-refractivity contribution >= 4 is 12.0 Å². The molecule has 0 unspecified atom stereocenters. The molecule has 5 heteroatoms. The zero-order valence-corrected chi connectivity index (χ0v) is 12.2. The molecular weight excluding hydrogens is 268 g/mol. The third kappa shape index (κ3) is 4.48. The highest BCUT2D eigenvalue weighted by atomic mass is 16.4. The molecule has 0 bridgehead atoms. The van der Waals surface area contributed by atoms with Crippen LogP contribution in [0.15, 0.2) is 30.3 Å². The van der Waals surface area contributed by atoms with Gasteiger partial charge in [0.15, 0.2) is 0 Å². The predicted octanol–water partition coefficient (Wildman–Crippen LogP) is 2.69. The van der Waals surface area contributed by atoms with E-state index in [1.807, 2.05) is 37.3 Å². The van der Waals surface area contributed by atoms with Crippen LogP contribution in [0.5, 0.6) is 0 Å². The number of amides is 2. The van der Waals surface area contributed by atoms with E-state index in [-0.39, 0.29) is 24.0 Å². The quantitative estimate of drug-likeness (QED) is 0.797. The highest BCUT2D eigenvalue weighted by Crippen LogP contribution is 2.24. The molecule has 1 atom stereocenters.